The number of fused-ring (bicyclic) bond motifs is 3. The average Bonchev–Trinajstić information content (AvgIpc) is 3.22. The lowest BCUT2D eigenvalue weighted by molar-refractivity contribution is -0.141. The van der Waals surface area contributed by atoms with Crippen molar-refractivity contribution in [3.63, 3.8) is 0 Å². The molecule has 0 aliphatic carbocycles. The zero-order chi connectivity index (χ0) is 28.3. The summed E-state index contributed by atoms with van der Waals surface area (Å²) in [5.74, 6) is -1.02. The highest BCUT2D eigenvalue weighted by atomic mass is 16.7. The molecular weight excluding hydrogens is 496 g/mol. The molecule has 0 atom stereocenters. The van der Waals surface area contributed by atoms with E-state index in [0.717, 1.165) is 21.8 Å². The van der Waals surface area contributed by atoms with Crippen molar-refractivity contribution in [1.29, 1.82) is 0 Å². The number of ether oxygens (including phenoxy) is 1. The van der Waals surface area contributed by atoms with E-state index in [1.807, 2.05) is 39.0 Å². The van der Waals surface area contributed by atoms with Crippen molar-refractivity contribution in [3.05, 3.63) is 77.4 Å². The summed E-state index contributed by atoms with van der Waals surface area (Å²) in [4.78, 5) is 54.0. The number of oxime groups is 1. The van der Waals surface area contributed by atoms with Crippen LogP contribution in [0.2, 0.25) is 0 Å². The van der Waals surface area contributed by atoms with Gasteiger partial charge in [0.25, 0.3) is 0 Å². The summed E-state index contributed by atoms with van der Waals surface area (Å²) >= 11 is 0. The Kier molecular flexibility index (Phi) is 8.04. The predicted molar refractivity (Wildman–Crippen MR) is 149 cm³/mol. The van der Waals surface area contributed by atoms with Crippen LogP contribution in [0.1, 0.15) is 67.3 Å². The maximum atomic E-state index is 13.4. The lowest BCUT2D eigenvalue weighted by atomic mass is 9.97. The molecule has 4 rings (SSSR count). The molecule has 8 nitrogen and oxygen atoms in total. The van der Waals surface area contributed by atoms with E-state index in [0.29, 0.717) is 35.4 Å². The van der Waals surface area contributed by atoms with E-state index in [1.54, 1.807) is 42.5 Å². The van der Waals surface area contributed by atoms with Gasteiger partial charge < -0.3 is 14.1 Å². The van der Waals surface area contributed by atoms with Crippen molar-refractivity contribution < 1.29 is 28.8 Å². The standard InChI is InChI=1S/C31H30N2O6/c1-6-33-28-13-9-22(30(36)21-7-11-24(12-8-21)38-19(4)34)16-25(28)26-17-23(10-14-29(26)33)31(37)27(15-18(2)3)32-39-20(5)35/h7-14,16-18H,6,15H2,1-5H3/b32-27+. The third-order valence-corrected chi connectivity index (χ3v) is 6.23. The number of Topliss-reactive ketones (excluding diaryl/α,β-unsaturated/α-hetero) is 1. The number of benzene rings is 3. The number of aromatic nitrogens is 1. The number of rotatable bonds is 9. The van der Waals surface area contributed by atoms with Crippen molar-refractivity contribution >= 4 is 51.0 Å². The summed E-state index contributed by atoms with van der Waals surface area (Å²) in [6.07, 6.45) is 0.357. The Hall–Kier alpha value is -4.59. The normalized spacial score (nSPS) is 11.7. The summed E-state index contributed by atoms with van der Waals surface area (Å²) < 4.78 is 7.19. The van der Waals surface area contributed by atoms with Gasteiger partial charge in [-0.05, 0) is 79.9 Å². The second-order valence-corrected chi connectivity index (χ2v) is 9.70. The molecule has 0 fully saturated rings. The van der Waals surface area contributed by atoms with E-state index in [2.05, 4.69) is 9.72 Å². The first-order valence-electron chi connectivity index (χ1n) is 12.8. The minimum absolute atomic E-state index is 0.130. The van der Waals surface area contributed by atoms with Crippen molar-refractivity contribution in [2.75, 3.05) is 0 Å². The highest BCUT2D eigenvalue weighted by molar-refractivity contribution is 6.46. The van der Waals surface area contributed by atoms with Gasteiger partial charge in [-0.2, -0.15) is 0 Å². The molecule has 8 heteroatoms. The first-order valence-corrected chi connectivity index (χ1v) is 12.8. The lowest BCUT2D eigenvalue weighted by Gasteiger charge is -2.08. The number of carbonyl (C=O) groups is 4. The molecule has 0 aliphatic heterocycles. The minimum Gasteiger partial charge on any atom is -0.427 e. The topological polar surface area (TPSA) is 104 Å². The summed E-state index contributed by atoms with van der Waals surface area (Å²) in [6.45, 7) is 9.20. The van der Waals surface area contributed by atoms with Crippen LogP contribution >= 0.6 is 0 Å². The van der Waals surface area contributed by atoms with Gasteiger partial charge in [0.2, 0.25) is 5.78 Å². The lowest BCUT2D eigenvalue weighted by Crippen LogP contribution is -2.18. The Labute approximate surface area is 226 Å². The number of aryl methyl sites for hydroxylation is 1. The first-order chi connectivity index (χ1) is 18.6. The third kappa shape index (κ3) is 5.95. The highest BCUT2D eigenvalue weighted by Crippen LogP contribution is 2.32. The van der Waals surface area contributed by atoms with Crippen LogP contribution in [0.15, 0.2) is 65.8 Å². The Morgan fingerprint density at radius 1 is 0.795 bits per heavy atom. The van der Waals surface area contributed by atoms with Gasteiger partial charge in [-0.1, -0.05) is 19.0 Å². The second kappa shape index (κ2) is 11.4. The van der Waals surface area contributed by atoms with Crippen LogP contribution in [0.4, 0.5) is 0 Å². The molecule has 0 saturated heterocycles. The Morgan fingerprint density at radius 2 is 1.36 bits per heavy atom. The van der Waals surface area contributed by atoms with Crippen LogP contribution in [0, 0.1) is 5.92 Å². The fourth-order valence-electron chi connectivity index (χ4n) is 4.58. The molecule has 1 heterocycles. The van der Waals surface area contributed by atoms with Crippen LogP contribution in [-0.4, -0.2) is 33.8 Å². The molecule has 0 amide bonds. The minimum atomic E-state index is -0.594. The fourth-order valence-corrected chi connectivity index (χ4v) is 4.58. The van der Waals surface area contributed by atoms with Crippen molar-refractivity contribution in [3.8, 4) is 5.75 Å². The van der Waals surface area contributed by atoms with Crippen LogP contribution in [0.5, 0.6) is 5.75 Å². The molecule has 0 bridgehead atoms. The van der Waals surface area contributed by atoms with Gasteiger partial charge in [0.1, 0.15) is 11.5 Å². The molecule has 4 aromatic rings. The van der Waals surface area contributed by atoms with Crippen LogP contribution in [-0.2, 0) is 21.0 Å². The van der Waals surface area contributed by atoms with Gasteiger partial charge in [0, 0.05) is 58.9 Å². The number of nitrogens with zero attached hydrogens (tertiary/aromatic N) is 2. The number of ketones is 2. The predicted octanol–water partition coefficient (Wildman–Crippen LogP) is 6.12. The quantitative estimate of drug-likeness (QED) is 0.0650. The molecule has 0 radical (unpaired) electrons. The monoisotopic (exact) mass is 526 g/mol. The molecule has 3 aromatic carbocycles. The molecule has 0 N–H and O–H groups in total. The van der Waals surface area contributed by atoms with Gasteiger partial charge in [-0.3, -0.25) is 14.4 Å². The highest BCUT2D eigenvalue weighted by Gasteiger charge is 2.20. The molecular formula is C31H30N2O6. The summed E-state index contributed by atoms with van der Waals surface area (Å²) in [7, 11) is 0. The van der Waals surface area contributed by atoms with Gasteiger partial charge in [-0.25, -0.2) is 4.79 Å². The first kappa shape index (κ1) is 27.4. The SMILES string of the molecule is CCn1c2ccc(C(=O)/C(CC(C)C)=N/OC(C)=O)cc2c2cc(C(=O)c3ccc(OC(C)=O)cc3)ccc21. The van der Waals surface area contributed by atoms with Crippen LogP contribution in [0.25, 0.3) is 21.8 Å². The zero-order valence-corrected chi connectivity index (χ0v) is 22.6. The van der Waals surface area contributed by atoms with E-state index in [1.165, 1.54) is 13.8 Å². The van der Waals surface area contributed by atoms with Gasteiger partial charge in [0.05, 0.1) is 0 Å². The number of hydrogen-bond acceptors (Lipinski definition) is 7. The smallest absolute Gasteiger partial charge is 0.331 e. The summed E-state index contributed by atoms with van der Waals surface area (Å²) in [5, 5.41) is 5.50. The van der Waals surface area contributed by atoms with Gasteiger partial charge >= 0.3 is 11.9 Å². The number of carbonyl (C=O) groups excluding carboxylic acids is 4. The molecule has 39 heavy (non-hydrogen) atoms. The van der Waals surface area contributed by atoms with Crippen molar-refractivity contribution in [2.45, 2.75) is 47.6 Å². The van der Waals surface area contributed by atoms with Crippen LogP contribution in [0.3, 0.4) is 0 Å². The Morgan fingerprint density at radius 3 is 1.90 bits per heavy atom. The Bertz CT molecular complexity index is 1630. The molecule has 0 spiro atoms. The van der Waals surface area contributed by atoms with Crippen molar-refractivity contribution in [1.82, 2.24) is 4.57 Å². The van der Waals surface area contributed by atoms with E-state index in [4.69, 9.17) is 9.57 Å². The maximum Gasteiger partial charge on any atom is 0.331 e. The molecule has 0 saturated carbocycles. The summed E-state index contributed by atoms with van der Waals surface area (Å²) in [6, 6.07) is 17.4. The van der Waals surface area contributed by atoms with E-state index in [-0.39, 0.29) is 23.2 Å². The largest absolute Gasteiger partial charge is 0.427 e. The third-order valence-electron chi connectivity index (χ3n) is 6.23. The van der Waals surface area contributed by atoms with E-state index < -0.39 is 11.9 Å². The molecule has 200 valence electrons. The Balaban J connectivity index is 1.77. The molecule has 0 unspecified atom stereocenters. The average molecular weight is 527 g/mol. The maximum absolute atomic E-state index is 13.4. The molecule has 1 aromatic heterocycles. The number of esters is 1. The second-order valence-electron chi connectivity index (χ2n) is 9.70. The number of hydrogen-bond donors (Lipinski definition) is 0. The van der Waals surface area contributed by atoms with Gasteiger partial charge in [0.15, 0.2) is 5.78 Å². The van der Waals surface area contributed by atoms with E-state index >= 15 is 0 Å². The molecule has 0 aliphatic rings. The van der Waals surface area contributed by atoms with Crippen LogP contribution < -0.4 is 4.74 Å². The zero-order valence-electron chi connectivity index (χ0n) is 22.6. The fraction of sp³-hybridized carbons (Fsp3) is 0.258. The van der Waals surface area contributed by atoms with E-state index in [9.17, 15) is 19.2 Å². The van der Waals surface area contributed by atoms with Crippen molar-refractivity contribution in [2.24, 2.45) is 11.1 Å². The summed E-state index contributed by atoms with van der Waals surface area (Å²) in [5.41, 5.74) is 3.41. The van der Waals surface area contributed by atoms with Gasteiger partial charge in [-0.15, -0.1) is 0 Å².